The summed E-state index contributed by atoms with van der Waals surface area (Å²) in [6, 6.07) is 22.4. The standard InChI is InChI=1S/C23H24N2O4S/c1-25(20-6-4-3-5-7-20)30(27,28)22-14-10-19(11-15-22)23(26)24-17-16-18-8-12-21(29-2)13-9-18/h3-15H,16-17H2,1-2H3,(H,24,26). The number of sulfonamides is 1. The predicted octanol–water partition coefficient (Wildman–Crippen LogP) is 3.49. The number of anilines is 1. The third-order valence-electron chi connectivity index (χ3n) is 4.75. The highest BCUT2D eigenvalue weighted by molar-refractivity contribution is 7.92. The zero-order valence-electron chi connectivity index (χ0n) is 16.9. The maximum Gasteiger partial charge on any atom is 0.264 e. The molecule has 3 aromatic rings. The Hall–Kier alpha value is -3.32. The highest BCUT2D eigenvalue weighted by atomic mass is 32.2. The summed E-state index contributed by atoms with van der Waals surface area (Å²) in [6.45, 7) is 0.474. The number of rotatable bonds is 8. The molecule has 3 aromatic carbocycles. The van der Waals surface area contributed by atoms with Crippen LogP contribution in [0.25, 0.3) is 0 Å². The largest absolute Gasteiger partial charge is 0.497 e. The van der Waals surface area contributed by atoms with Gasteiger partial charge in [-0.3, -0.25) is 9.10 Å². The van der Waals surface area contributed by atoms with Crippen LogP contribution in [0, 0.1) is 0 Å². The van der Waals surface area contributed by atoms with Crippen molar-refractivity contribution in [1.29, 1.82) is 0 Å². The van der Waals surface area contributed by atoms with Crippen LogP contribution in [0.15, 0.2) is 83.8 Å². The number of nitrogens with zero attached hydrogens (tertiary/aromatic N) is 1. The summed E-state index contributed by atoms with van der Waals surface area (Å²) in [5.74, 6) is 0.541. The molecule has 0 unspecified atom stereocenters. The van der Waals surface area contributed by atoms with Gasteiger partial charge in [0.05, 0.1) is 17.7 Å². The number of hydrogen-bond donors (Lipinski definition) is 1. The summed E-state index contributed by atoms with van der Waals surface area (Å²) in [4.78, 5) is 12.5. The van der Waals surface area contributed by atoms with Crippen molar-refractivity contribution in [3.8, 4) is 5.75 Å². The van der Waals surface area contributed by atoms with Crippen LogP contribution in [0.3, 0.4) is 0 Å². The predicted molar refractivity (Wildman–Crippen MR) is 118 cm³/mol. The van der Waals surface area contributed by atoms with Crippen LogP contribution in [0.4, 0.5) is 5.69 Å². The summed E-state index contributed by atoms with van der Waals surface area (Å²) in [6.07, 6.45) is 0.685. The molecule has 0 aromatic heterocycles. The van der Waals surface area contributed by atoms with Crippen LogP contribution >= 0.6 is 0 Å². The third-order valence-corrected chi connectivity index (χ3v) is 6.55. The lowest BCUT2D eigenvalue weighted by Gasteiger charge is -2.19. The van der Waals surface area contributed by atoms with Gasteiger partial charge in [-0.1, -0.05) is 30.3 Å². The minimum absolute atomic E-state index is 0.128. The van der Waals surface area contributed by atoms with Gasteiger partial charge in [0.15, 0.2) is 0 Å². The average Bonchev–Trinajstić information content (AvgIpc) is 2.79. The second-order valence-corrected chi connectivity index (χ2v) is 8.66. The van der Waals surface area contributed by atoms with Crippen molar-refractivity contribution in [2.75, 3.05) is 25.0 Å². The Bertz CT molecular complexity index is 1080. The first-order valence-electron chi connectivity index (χ1n) is 9.47. The molecule has 0 radical (unpaired) electrons. The lowest BCUT2D eigenvalue weighted by molar-refractivity contribution is 0.0954. The van der Waals surface area contributed by atoms with Gasteiger partial charge in [-0.25, -0.2) is 8.42 Å². The molecule has 30 heavy (non-hydrogen) atoms. The summed E-state index contributed by atoms with van der Waals surface area (Å²) in [7, 11) is -0.581. The number of hydrogen-bond acceptors (Lipinski definition) is 4. The number of benzene rings is 3. The van der Waals surface area contributed by atoms with Crippen molar-refractivity contribution in [2.24, 2.45) is 0 Å². The fourth-order valence-corrected chi connectivity index (χ4v) is 4.12. The number of carbonyl (C=O) groups is 1. The maximum absolute atomic E-state index is 12.8. The molecule has 0 atom stereocenters. The Morgan fingerprint density at radius 3 is 2.17 bits per heavy atom. The van der Waals surface area contributed by atoms with E-state index in [4.69, 9.17) is 4.74 Å². The van der Waals surface area contributed by atoms with E-state index < -0.39 is 10.0 Å². The molecule has 0 fully saturated rings. The Labute approximate surface area is 177 Å². The molecule has 0 aliphatic heterocycles. The van der Waals surface area contributed by atoms with Gasteiger partial charge in [-0.15, -0.1) is 0 Å². The van der Waals surface area contributed by atoms with Gasteiger partial charge >= 0.3 is 0 Å². The number of para-hydroxylation sites is 1. The van der Waals surface area contributed by atoms with Crippen LogP contribution in [-0.2, 0) is 16.4 Å². The van der Waals surface area contributed by atoms with E-state index in [2.05, 4.69) is 5.32 Å². The molecule has 0 bridgehead atoms. The van der Waals surface area contributed by atoms with Gasteiger partial charge < -0.3 is 10.1 Å². The van der Waals surface area contributed by atoms with Crippen LogP contribution in [0.1, 0.15) is 15.9 Å². The first-order valence-corrected chi connectivity index (χ1v) is 10.9. The topological polar surface area (TPSA) is 75.7 Å². The summed E-state index contributed by atoms with van der Waals surface area (Å²) in [5.41, 5.74) is 2.06. The zero-order chi connectivity index (χ0) is 21.6. The van der Waals surface area contributed by atoms with Crippen molar-refractivity contribution in [3.63, 3.8) is 0 Å². The van der Waals surface area contributed by atoms with Gasteiger partial charge in [-0.05, 0) is 60.5 Å². The second kappa shape index (κ2) is 9.45. The molecule has 3 rings (SSSR count). The molecule has 0 saturated heterocycles. The number of amides is 1. The van der Waals surface area contributed by atoms with E-state index in [9.17, 15) is 13.2 Å². The van der Waals surface area contributed by atoms with Gasteiger partial charge in [0.25, 0.3) is 15.9 Å². The lowest BCUT2D eigenvalue weighted by atomic mass is 10.1. The van der Waals surface area contributed by atoms with E-state index in [0.29, 0.717) is 24.2 Å². The van der Waals surface area contributed by atoms with Crippen molar-refractivity contribution >= 4 is 21.6 Å². The normalized spacial score (nSPS) is 11.0. The smallest absolute Gasteiger partial charge is 0.264 e. The Kier molecular flexibility index (Phi) is 6.74. The number of methoxy groups -OCH3 is 1. The van der Waals surface area contributed by atoms with E-state index in [1.165, 1.54) is 35.6 Å². The van der Waals surface area contributed by atoms with Crippen molar-refractivity contribution in [1.82, 2.24) is 5.32 Å². The monoisotopic (exact) mass is 424 g/mol. The van der Waals surface area contributed by atoms with Crippen LogP contribution in [0.2, 0.25) is 0 Å². The van der Waals surface area contributed by atoms with E-state index in [0.717, 1.165) is 11.3 Å². The molecular weight excluding hydrogens is 400 g/mol. The van der Waals surface area contributed by atoms with Crippen molar-refractivity contribution in [3.05, 3.63) is 90.0 Å². The summed E-state index contributed by atoms with van der Waals surface area (Å²) < 4.78 is 32.0. The van der Waals surface area contributed by atoms with Crippen molar-refractivity contribution in [2.45, 2.75) is 11.3 Å². The first-order chi connectivity index (χ1) is 14.4. The average molecular weight is 425 g/mol. The Balaban J connectivity index is 1.60. The molecule has 7 heteroatoms. The van der Waals surface area contributed by atoms with Gasteiger partial charge in [-0.2, -0.15) is 0 Å². The quantitative estimate of drug-likeness (QED) is 0.601. The first kappa shape index (κ1) is 21.4. The SMILES string of the molecule is COc1ccc(CCNC(=O)c2ccc(S(=O)(=O)N(C)c3ccccc3)cc2)cc1. The van der Waals surface area contributed by atoms with E-state index in [1.807, 2.05) is 30.3 Å². The minimum Gasteiger partial charge on any atom is -0.497 e. The summed E-state index contributed by atoms with van der Waals surface area (Å²) >= 11 is 0. The Morgan fingerprint density at radius 1 is 0.933 bits per heavy atom. The molecule has 6 nitrogen and oxygen atoms in total. The fourth-order valence-electron chi connectivity index (χ4n) is 2.93. The molecule has 0 aliphatic carbocycles. The van der Waals surface area contributed by atoms with Crippen LogP contribution in [0.5, 0.6) is 5.75 Å². The molecule has 0 aliphatic rings. The van der Waals surface area contributed by atoms with E-state index >= 15 is 0 Å². The highest BCUT2D eigenvalue weighted by Crippen LogP contribution is 2.22. The highest BCUT2D eigenvalue weighted by Gasteiger charge is 2.21. The van der Waals surface area contributed by atoms with E-state index in [1.54, 1.807) is 31.4 Å². The van der Waals surface area contributed by atoms with Crippen molar-refractivity contribution < 1.29 is 17.9 Å². The molecule has 0 saturated carbocycles. The fraction of sp³-hybridized carbons (Fsp3) is 0.174. The molecule has 0 heterocycles. The lowest BCUT2D eigenvalue weighted by Crippen LogP contribution is -2.27. The number of carbonyl (C=O) groups excluding carboxylic acids is 1. The third kappa shape index (κ3) is 4.99. The molecule has 156 valence electrons. The minimum atomic E-state index is -3.70. The molecule has 0 spiro atoms. The van der Waals surface area contributed by atoms with Gasteiger partial charge in [0, 0.05) is 19.2 Å². The van der Waals surface area contributed by atoms with Crippen LogP contribution in [-0.4, -0.2) is 35.0 Å². The van der Waals surface area contributed by atoms with Crippen LogP contribution < -0.4 is 14.4 Å². The van der Waals surface area contributed by atoms with E-state index in [-0.39, 0.29) is 10.8 Å². The van der Waals surface area contributed by atoms with Gasteiger partial charge in [0.1, 0.15) is 5.75 Å². The number of ether oxygens (including phenoxy) is 1. The second-order valence-electron chi connectivity index (χ2n) is 6.69. The molecule has 1 N–H and O–H groups in total. The Morgan fingerprint density at radius 2 is 1.57 bits per heavy atom. The molecule has 1 amide bonds. The zero-order valence-corrected chi connectivity index (χ0v) is 17.7. The maximum atomic E-state index is 12.8. The van der Waals surface area contributed by atoms with Gasteiger partial charge in [0.2, 0.25) is 0 Å². The number of nitrogens with one attached hydrogen (secondary N) is 1. The molecular formula is C23H24N2O4S. The summed E-state index contributed by atoms with van der Waals surface area (Å²) in [5, 5.41) is 2.85.